The Balaban J connectivity index is 2.22. The first-order chi connectivity index (χ1) is 5.33. The first-order valence-corrected chi connectivity index (χ1v) is 4.46. The molecule has 1 aliphatic heterocycles. The van der Waals surface area contributed by atoms with Crippen LogP contribution in [0, 0.1) is 5.92 Å². The van der Waals surface area contributed by atoms with Crippen molar-refractivity contribution in [2.45, 2.75) is 12.8 Å². The summed E-state index contributed by atoms with van der Waals surface area (Å²) >= 11 is 4.52. The van der Waals surface area contributed by atoms with E-state index < -0.39 is 0 Å². The standard InChI is InChI=1S/C8H14N2S/c1-10-4-2-8(3-5-10)6-9-7-11/h8H,2-6H2,1H3. The molecule has 1 aliphatic rings. The van der Waals surface area contributed by atoms with Crippen molar-refractivity contribution in [1.82, 2.24) is 4.90 Å². The number of isothiocyanates is 1. The smallest absolute Gasteiger partial charge is 0.0585 e. The Morgan fingerprint density at radius 3 is 2.73 bits per heavy atom. The van der Waals surface area contributed by atoms with Gasteiger partial charge in [0, 0.05) is 0 Å². The molecule has 62 valence electrons. The molecule has 2 nitrogen and oxygen atoms in total. The number of piperidine rings is 1. The SMILES string of the molecule is CN1CCC(CN=C=S)CC1. The van der Waals surface area contributed by atoms with Gasteiger partial charge in [0.25, 0.3) is 0 Å². The third-order valence-corrected chi connectivity index (χ3v) is 2.38. The average molecular weight is 170 g/mol. The summed E-state index contributed by atoms with van der Waals surface area (Å²) in [6.07, 6.45) is 2.52. The van der Waals surface area contributed by atoms with E-state index in [-0.39, 0.29) is 0 Å². The van der Waals surface area contributed by atoms with Crippen molar-refractivity contribution in [3.05, 3.63) is 0 Å². The van der Waals surface area contributed by atoms with Gasteiger partial charge < -0.3 is 4.90 Å². The molecule has 1 saturated heterocycles. The van der Waals surface area contributed by atoms with E-state index in [1.807, 2.05) is 0 Å². The fraction of sp³-hybridized carbons (Fsp3) is 0.875. The minimum absolute atomic E-state index is 0.752. The highest BCUT2D eigenvalue weighted by Gasteiger charge is 2.15. The first kappa shape index (κ1) is 8.85. The molecule has 0 aromatic heterocycles. The van der Waals surface area contributed by atoms with E-state index in [4.69, 9.17) is 0 Å². The number of aliphatic imine (C=N–C) groups is 1. The van der Waals surface area contributed by atoms with Gasteiger partial charge in [-0.05, 0) is 51.1 Å². The quantitative estimate of drug-likeness (QED) is 0.460. The average Bonchev–Trinajstić information content (AvgIpc) is 2.04. The van der Waals surface area contributed by atoms with E-state index in [1.54, 1.807) is 0 Å². The minimum atomic E-state index is 0.752. The molecule has 0 aromatic carbocycles. The van der Waals surface area contributed by atoms with Gasteiger partial charge >= 0.3 is 0 Å². The molecule has 0 atom stereocenters. The third-order valence-electron chi connectivity index (χ3n) is 2.25. The zero-order valence-corrected chi connectivity index (χ0v) is 7.73. The van der Waals surface area contributed by atoms with Crippen LogP contribution in [0.25, 0.3) is 0 Å². The fourth-order valence-electron chi connectivity index (χ4n) is 1.41. The highest BCUT2D eigenvalue weighted by Crippen LogP contribution is 2.15. The number of nitrogens with zero attached hydrogens (tertiary/aromatic N) is 2. The van der Waals surface area contributed by atoms with E-state index in [9.17, 15) is 0 Å². The lowest BCUT2D eigenvalue weighted by molar-refractivity contribution is 0.224. The summed E-state index contributed by atoms with van der Waals surface area (Å²) in [7, 11) is 2.17. The summed E-state index contributed by atoms with van der Waals surface area (Å²) in [4.78, 5) is 6.33. The molecular formula is C8H14N2S. The maximum atomic E-state index is 4.52. The maximum absolute atomic E-state index is 4.52. The number of hydrogen-bond acceptors (Lipinski definition) is 3. The van der Waals surface area contributed by atoms with Gasteiger partial charge in [0.2, 0.25) is 0 Å². The lowest BCUT2D eigenvalue weighted by atomic mass is 9.98. The van der Waals surface area contributed by atoms with Gasteiger partial charge in [-0.25, -0.2) is 4.99 Å². The zero-order chi connectivity index (χ0) is 8.10. The third kappa shape index (κ3) is 3.10. The Morgan fingerprint density at radius 1 is 1.55 bits per heavy atom. The molecule has 0 aromatic rings. The summed E-state index contributed by atoms with van der Waals surface area (Å²) in [6.45, 7) is 3.30. The van der Waals surface area contributed by atoms with Crippen molar-refractivity contribution in [2.75, 3.05) is 26.7 Å². The van der Waals surface area contributed by atoms with Gasteiger partial charge in [-0.3, -0.25) is 0 Å². The van der Waals surface area contributed by atoms with Crippen LogP contribution >= 0.6 is 12.2 Å². The second kappa shape index (κ2) is 4.60. The lowest BCUT2D eigenvalue weighted by Crippen LogP contribution is -2.31. The number of thiocarbonyl (C=S) groups is 1. The normalized spacial score (nSPS) is 21.2. The summed E-state index contributed by atoms with van der Waals surface area (Å²) < 4.78 is 0. The van der Waals surface area contributed by atoms with Crippen LogP contribution in [0.3, 0.4) is 0 Å². The van der Waals surface area contributed by atoms with Crippen molar-refractivity contribution in [3.63, 3.8) is 0 Å². The van der Waals surface area contributed by atoms with Crippen LogP contribution in [0.5, 0.6) is 0 Å². The van der Waals surface area contributed by atoms with E-state index in [0.717, 1.165) is 12.5 Å². The van der Waals surface area contributed by atoms with Crippen LogP contribution in [0.2, 0.25) is 0 Å². The van der Waals surface area contributed by atoms with Gasteiger partial charge in [-0.1, -0.05) is 0 Å². The second-order valence-corrected chi connectivity index (χ2v) is 3.36. The molecule has 0 N–H and O–H groups in total. The van der Waals surface area contributed by atoms with E-state index in [1.165, 1.54) is 25.9 Å². The van der Waals surface area contributed by atoms with E-state index >= 15 is 0 Å². The molecule has 0 bridgehead atoms. The van der Waals surface area contributed by atoms with Crippen LogP contribution in [-0.2, 0) is 0 Å². The zero-order valence-electron chi connectivity index (χ0n) is 6.92. The predicted molar refractivity (Wildman–Crippen MR) is 50.1 cm³/mol. The van der Waals surface area contributed by atoms with Gasteiger partial charge in [0.15, 0.2) is 0 Å². The Hall–Kier alpha value is -0.240. The maximum Gasteiger partial charge on any atom is 0.0585 e. The largest absolute Gasteiger partial charge is 0.306 e. The molecule has 0 amide bonds. The Kier molecular flexibility index (Phi) is 3.70. The Bertz CT molecular complexity index is 155. The Labute approximate surface area is 73.3 Å². The number of likely N-dealkylation sites (tertiary alicyclic amines) is 1. The van der Waals surface area contributed by atoms with Crippen molar-refractivity contribution < 1.29 is 0 Å². The molecule has 3 heteroatoms. The molecule has 0 saturated carbocycles. The number of rotatable bonds is 2. The fourth-order valence-corrected chi connectivity index (χ4v) is 1.49. The second-order valence-electron chi connectivity index (χ2n) is 3.18. The van der Waals surface area contributed by atoms with Gasteiger partial charge in [-0.15, -0.1) is 0 Å². The molecule has 11 heavy (non-hydrogen) atoms. The molecule has 0 aliphatic carbocycles. The minimum Gasteiger partial charge on any atom is -0.306 e. The van der Waals surface area contributed by atoms with E-state index in [2.05, 4.69) is 34.3 Å². The molecular weight excluding hydrogens is 156 g/mol. The number of hydrogen-bond donors (Lipinski definition) is 0. The molecule has 0 radical (unpaired) electrons. The van der Waals surface area contributed by atoms with Gasteiger partial charge in [0.1, 0.15) is 0 Å². The summed E-state index contributed by atoms with van der Waals surface area (Å²) in [5, 5.41) is 2.42. The summed E-state index contributed by atoms with van der Waals surface area (Å²) in [5.41, 5.74) is 0. The monoisotopic (exact) mass is 170 g/mol. The topological polar surface area (TPSA) is 15.6 Å². The van der Waals surface area contributed by atoms with Crippen molar-refractivity contribution in [2.24, 2.45) is 10.9 Å². The van der Waals surface area contributed by atoms with Crippen LogP contribution < -0.4 is 0 Å². The predicted octanol–water partition coefficient (Wildman–Crippen LogP) is 1.43. The first-order valence-electron chi connectivity index (χ1n) is 4.05. The van der Waals surface area contributed by atoms with E-state index in [0.29, 0.717) is 0 Å². The van der Waals surface area contributed by atoms with Crippen LogP contribution in [-0.4, -0.2) is 36.7 Å². The van der Waals surface area contributed by atoms with Crippen LogP contribution in [0.1, 0.15) is 12.8 Å². The summed E-state index contributed by atoms with van der Waals surface area (Å²) in [6, 6.07) is 0. The van der Waals surface area contributed by atoms with Crippen molar-refractivity contribution >= 4 is 17.4 Å². The van der Waals surface area contributed by atoms with Crippen LogP contribution in [0.15, 0.2) is 4.99 Å². The van der Waals surface area contributed by atoms with Crippen molar-refractivity contribution in [3.8, 4) is 0 Å². The summed E-state index contributed by atoms with van der Waals surface area (Å²) in [5.74, 6) is 0.752. The Morgan fingerprint density at radius 2 is 2.18 bits per heavy atom. The molecule has 1 rings (SSSR count). The molecule has 0 spiro atoms. The highest BCUT2D eigenvalue weighted by molar-refractivity contribution is 7.78. The van der Waals surface area contributed by atoms with Gasteiger partial charge in [0.05, 0.1) is 11.7 Å². The molecule has 0 unspecified atom stereocenters. The van der Waals surface area contributed by atoms with Gasteiger partial charge in [-0.2, -0.15) is 0 Å². The van der Waals surface area contributed by atoms with Crippen LogP contribution in [0.4, 0.5) is 0 Å². The molecule has 1 heterocycles. The van der Waals surface area contributed by atoms with Crippen molar-refractivity contribution in [1.29, 1.82) is 0 Å². The highest BCUT2D eigenvalue weighted by atomic mass is 32.1. The lowest BCUT2D eigenvalue weighted by Gasteiger charge is -2.27. The molecule has 1 fully saturated rings.